The van der Waals surface area contributed by atoms with Crippen LogP contribution in [-0.4, -0.2) is 24.5 Å². The van der Waals surface area contributed by atoms with Crippen LogP contribution in [0.2, 0.25) is 0 Å². The average molecular weight is 166 g/mol. The second kappa shape index (κ2) is 3.68. The molecule has 0 radical (unpaired) electrons. The highest BCUT2D eigenvalue weighted by atomic mass is 32.2. The van der Waals surface area contributed by atoms with Crippen molar-refractivity contribution in [1.82, 2.24) is 0 Å². The van der Waals surface area contributed by atoms with Crippen LogP contribution in [0.4, 0.5) is 0 Å². The molecule has 0 bridgehead atoms. The molecule has 1 atom stereocenters. The fourth-order valence-electron chi connectivity index (χ4n) is 0.572. The molecule has 0 aliphatic rings. The number of hydrogen-bond acceptors (Lipinski definition) is 3. The Hall–Kier alpha value is -0.420. The van der Waals surface area contributed by atoms with E-state index in [1.54, 1.807) is 6.92 Å². The zero-order valence-corrected chi connectivity index (χ0v) is 6.47. The predicted octanol–water partition coefficient (Wildman–Crippen LogP) is 0.242. The Morgan fingerprint density at radius 2 is 2.10 bits per heavy atom. The number of rotatable bonds is 4. The third-order valence-corrected chi connectivity index (χ3v) is 2.22. The topological polar surface area (TPSA) is 71.4 Å². The summed E-state index contributed by atoms with van der Waals surface area (Å²) in [6, 6.07) is 0. The summed E-state index contributed by atoms with van der Waals surface area (Å²) in [6.07, 6.45) is 0.990. The molecule has 0 fully saturated rings. The highest BCUT2D eigenvalue weighted by Crippen LogP contribution is 2.02. The summed E-state index contributed by atoms with van der Waals surface area (Å²) in [6.45, 7) is 1.74. The predicted molar refractivity (Wildman–Crippen MR) is 36.3 cm³/mol. The summed E-state index contributed by atoms with van der Waals surface area (Å²) < 4.78 is 28.9. The standard InChI is InChI=1S/C5H10O4S/c1-2-3-5(4-6)10(7,8)9/h4-5H,2-3H2,1H3,(H,7,8,9). The molecule has 4 nitrogen and oxygen atoms in total. The molecule has 0 aliphatic carbocycles. The van der Waals surface area contributed by atoms with E-state index in [1.165, 1.54) is 0 Å². The third-order valence-electron chi connectivity index (χ3n) is 1.11. The lowest BCUT2D eigenvalue weighted by Crippen LogP contribution is -2.21. The van der Waals surface area contributed by atoms with Crippen LogP contribution < -0.4 is 0 Å². The highest BCUT2D eigenvalue weighted by molar-refractivity contribution is 7.87. The summed E-state index contributed by atoms with van der Waals surface area (Å²) in [4.78, 5) is 10.0. The molecule has 0 saturated carbocycles. The summed E-state index contributed by atoms with van der Waals surface area (Å²) >= 11 is 0. The van der Waals surface area contributed by atoms with Gasteiger partial charge < -0.3 is 4.79 Å². The summed E-state index contributed by atoms with van der Waals surface area (Å²) in [5.41, 5.74) is 0. The van der Waals surface area contributed by atoms with Crippen LogP contribution in [0.15, 0.2) is 0 Å². The maximum atomic E-state index is 10.3. The third kappa shape index (κ3) is 2.93. The maximum Gasteiger partial charge on any atom is 0.274 e. The van der Waals surface area contributed by atoms with Gasteiger partial charge in [0.25, 0.3) is 10.1 Å². The van der Waals surface area contributed by atoms with Crippen molar-refractivity contribution in [3.8, 4) is 0 Å². The average Bonchev–Trinajstić information content (AvgIpc) is 1.80. The molecule has 10 heavy (non-hydrogen) atoms. The van der Waals surface area contributed by atoms with Crippen molar-refractivity contribution in [1.29, 1.82) is 0 Å². The van der Waals surface area contributed by atoms with Crippen LogP contribution in [-0.2, 0) is 14.9 Å². The Bertz CT molecular complexity index is 194. The first-order chi connectivity index (χ1) is 4.52. The Morgan fingerprint density at radius 3 is 2.20 bits per heavy atom. The Balaban J connectivity index is 4.22. The van der Waals surface area contributed by atoms with Crippen molar-refractivity contribution in [2.24, 2.45) is 0 Å². The van der Waals surface area contributed by atoms with Gasteiger partial charge in [-0.2, -0.15) is 8.42 Å². The highest BCUT2D eigenvalue weighted by Gasteiger charge is 2.20. The molecule has 5 heteroatoms. The molecule has 0 saturated heterocycles. The number of hydrogen-bond donors (Lipinski definition) is 1. The van der Waals surface area contributed by atoms with Gasteiger partial charge in [-0.1, -0.05) is 13.3 Å². The van der Waals surface area contributed by atoms with Crippen LogP contribution >= 0.6 is 0 Å². The van der Waals surface area contributed by atoms with Gasteiger partial charge in [0.15, 0.2) is 0 Å². The fraction of sp³-hybridized carbons (Fsp3) is 0.800. The zero-order valence-electron chi connectivity index (χ0n) is 5.65. The van der Waals surface area contributed by atoms with Crippen molar-refractivity contribution in [3.63, 3.8) is 0 Å². The lowest BCUT2D eigenvalue weighted by molar-refractivity contribution is -0.107. The molecule has 1 unspecified atom stereocenters. The first-order valence-corrected chi connectivity index (χ1v) is 4.44. The van der Waals surface area contributed by atoms with Gasteiger partial charge in [0, 0.05) is 0 Å². The van der Waals surface area contributed by atoms with E-state index in [2.05, 4.69) is 0 Å². The molecule has 0 aromatic rings. The van der Waals surface area contributed by atoms with E-state index in [0.717, 1.165) is 0 Å². The molecule has 0 aliphatic heterocycles. The molecule has 0 aromatic heterocycles. The number of aldehydes is 1. The molecule has 0 rings (SSSR count). The summed E-state index contributed by atoms with van der Waals surface area (Å²) in [7, 11) is -4.15. The van der Waals surface area contributed by atoms with E-state index in [9.17, 15) is 13.2 Å². The van der Waals surface area contributed by atoms with Gasteiger partial charge in [0.2, 0.25) is 0 Å². The van der Waals surface area contributed by atoms with Gasteiger partial charge in [-0.15, -0.1) is 0 Å². The minimum absolute atomic E-state index is 0.183. The molecular weight excluding hydrogens is 156 g/mol. The van der Waals surface area contributed by atoms with E-state index >= 15 is 0 Å². The number of carbonyl (C=O) groups is 1. The maximum absolute atomic E-state index is 10.3. The van der Waals surface area contributed by atoms with Crippen LogP contribution in [0.25, 0.3) is 0 Å². The molecule has 0 amide bonds. The van der Waals surface area contributed by atoms with Crippen molar-refractivity contribution >= 4 is 16.4 Å². The van der Waals surface area contributed by atoms with Gasteiger partial charge in [-0.25, -0.2) is 0 Å². The normalized spacial score (nSPS) is 14.6. The van der Waals surface area contributed by atoms with E-state index < -0.39 is 15.4 Å². The van der Waals surface area contributed by atoms with Crippen LogP contribution in [0.3, 0.4) is 0 Å². The Morgan fingerprint density at radius 1 is 1.60 bits per heavy atom. The van der Waals surface area contributed by atoms with Crippen molar-refractivity contribution in [2.75, 3.05) is 0 Å². The quantitative estimate of drug-likeness (QED) is 0.479. The minimum atomic E-state index is -4.15. The van der Waals surface area contributed by atoms with Crippen molar-refractivity contribution in [2.45, 2.75) is 25.0 Å². The fourth-order valence-corrected chi connectivity index (χ4v) is 1.25. The van der Waals surface area contributed by atoms with E-state index in [-0.39, 0.29) is 12.7 Å². The van der Waals surface area contributed by atoms with Gasteiger partial charge in [-0.05, 0) is 6.42 Å². The largest absolute Gasteiger partial charge is 0.302 e. The zero-order chi connectivity index (χ0) is 8.20. The van der Waals surface area contributed by atoms with Gasteiger partial charge in [0.1, 0.15) is 11.5 Å². The van der Waals surface area contributed by atoms with Gasteiger partial charge >= 0.3 is 0 Å². The van der Waals surface area contributed by atoms with Crippen LogP contribution in [0, 0.1) is 0 Å². The van der Waals surface area contributed by atoms with Gasteiger partial charge in [-0.3, -0.25) is 4.55 Å². The molecule has 60 valence electrons. The second-order valence-electron chi connectivity index (χ2n) is 1.98. The first kappa shape index (κ1) is 9.58. The van der Waals surface area contributed by atoms with Gasteiger partial charge in [0.05, 0.1) is 0 Å². The second-order valence-corrected chi connectivity index (χ2v) is 3.61. The minimum Gasteiger partial charge on any atom is -0.302 e. The van der Waals surface area contributed by atoms with Crippen molar-refractivity contribution in [3.05, 3.63) is 0 Å². The Labute approximate surface area is 60.0 Å². The lowest BCUT2D eigenvalue weighted by atomic mass is 10.3. The molecule has 1 N–H and O–H groups in total. The van der Waals surface area contributed by atoms with E-state index in [1.807, 2.05) is 0 Å². The Kier molecular flexibility index (Phi) is 3.52. The van der Waals surface area contributed by atoms with Crippen molar-refractivity contribution < 1.29 is 17.8 Å². The first-order valence-electron chi connectivity index (χ1n) is 2.94. The van der Waals surface area contributed by atoms with E-state index in [0.29, 0.717) is 6.42 Å². The monoisotopic (exact) mass is 166 g/mol. The number of carbonyl (C=O) groups excluding carboxylic acids is 1. The molecular formula is C5H10O4S. The molecule has 0 spiro atoms. The summed E-state index contributed by atoms with van der Waals surface area (Å²) in [5.74, 6) is 0. The summed E-state index contributed by atoms with van der Waals surface area (Å²) in [5, 5.41) is -1.24. The lowest BCUT2D eigenvalue weighted by Gasteiger charge is -2.02. The van der Waals surface area contributed by atoms with E-state index in [4.69, 9.17) is 4.55 Å². The molecule has 0 heterocycles. The van der Waals surface area contributed by atoms with Crippen LogP contribution in [0.1, 0.15) is 19.8 Å². The SMILES string of the molecule is CCCC(C=O)S(=O)(=O)O. The molecule has 0 aromatic carbocycles. The smallest absolute Gasteiger partial charge is 0.274 e. The van der Waals surface area contributed by atoms with Crippen LogP contribution in [0.5, 0.6) is 0 Å².